The van der Waals surface area contributed by atoms with Crippen LogP contribution in [0.2, 0.25) is 0 Å². The Kier molecular flexibility index (Phi) is 5.34. The highest BCUT2D eigenvalue weighted by Gasteiger charge is 2.13. The van der Waals surface area contributed by atoms with Crippen molar-refractivity contribution in [3.05, 3.63) is 48.0 Å². The Balaban J connectivity index is 2.46. The summed E-state index contributed by atoms with van der Waals surface area (Å²) in [4.78, 5) is 2.46. The maximum Gasteiger partial charge on any atom is 0.140 e. The number of thiocarbonyl (C=S) groups is 1. The van der Waals surface area contributed by atoms with Gasteiger partial charge in [-0.15, -0.1) is 23.5 Å². The van der Waals surface area contributed by atoms with Crippen LogP contribution in [-0.4, -0.2) is 17.5 Å². The molecule has 2 rings (SSSR count). The number of benzene rings is 2. The number of ether oxygens (including phenoxy) is 1. The van der Waals surface area contributed by atoms with Gasteiger partial charge in [-0.3, -0.25) is 0 Å². The van der Waals surface area contributed by atoms with Crippen molar-refractivity contribution in [1.29, 1.82) is 0 Å². The summed E-state index contributed by atoms with van der Waals surface area (Å²) < 4.78 is 6.03. The monoisotopic (exact) mass is 321 g/mol. The summed E-state index contributed by atoms with van der Waals surface area (Å²) in [5.74, 6) is 1.52. The number of rotatable bonds is 5. The van der Waals surface area contributed by atoms with Crippen molar-refractivity contribution >= 4 is 40.7 Å². The van der Waals surface area contributed by atoms with Crippen LogP contribution < -0.4 is 10.5 Å². The molecule has 0 amide bonds. The first-order valence-corrected chi connectivity index (χ1v) is 8.80. The molecule has 0 bridgehead atoms. The summed E-state index contributed by atoms with van der Waals surface area (Å²) >= 11 is 8.41. The van der Waals surface area contributed by atoms with Crippen LogP contribution in [0.3, 0.4) is 0 Å². The molecule has 5 heteroatoms. The number of para-hydroxylation sites is 1. The van der Waals surface area contributed by atoms with Crippen LogP contribution in [0.5, 0.6) is 11.5 Å². The van der Waals surface area contributed by atoms with Crippen molar-refractivity contribution in [2.75, 3.05) is 12.5 Å². The zero-order valence-electron chi connectivity index (χ0n) is 11.3. The molecule has 2 aromatic rings. The first-order valence-electron chi connectivity index (χ1n) is 5.95. The van der Waals surface area contributed by atoms with Gasteiger partial charge in [-0.1, -0.05) is 30.4 Å². The summed E-state index contributed by atoms with van der Waals surface area (Å²) in [5.41, 5.74) is 6.65. The number of hydrogen-bond acceptors (Lipinski definition) is 4. The molecule has 0 fully saturated rings. The van der Waals surface area contributed by atoms with E-state index in [-0.39, 0.29) is 0 Å². The molecule has 104 valence electrons. The summed E-state index contributed by atoms with van der Waals surface area (Å²) in [6.07, 6.45) is 4.02. The lowest BCUT2D eigenvalue weighted by atomic mass is 10.2. The molecule has 0 aromatic heterocycles. The first kappa shape index (κ1) is 15.2. The van der Waals surface area contributed by atoms with Crippen molar-refractivity contribution in [2.24, 2.45) is 5.73 Å². The van der Waals surface area contributed by atoms with Crippen LogP contribution in [0, 0.1) is 0 Å². The van der Waals surface area contributed by atoms with Gasteiger partial charge in [0, 0.05) is 9.79 Å². The van der Waals surface area contributed by atoms with Crippen molar-refractivity contribution in [2.45, 2.75) is 9.79 Å². The van der Waals surface area contributed by atoms with Gasteiger partial charge in [0.1, 0.15) is 16.5 Å². The predicted molar refractivity (Wildman–Crippen MR) is 92.4 cm³/mol. The maximum absolute atomic E-state index is 6.03. The Bertz CT molecular complexity index is 628. The normalized spacial score (nSPS) is 10.3. The van der Waals surface area contributed by atoms with Crippen molar-refractivity contribution in [3.8, 4) is 11.5 Å². The Hall–Kier alpha value is -1.17. The fraction of sp³-hybridized carbons (Fsp3) is 0.133. The van der Waals surface area contributed by atoms with Crippen molar-refractivity contribution in [1.82, 2.24) is 0 Å². The Morgan fingerprint density at radius 1 is 0.950 bits per heavy atom. The molecule has 0 saturated carbocycles. The third kappa shape index (κ3) is 3.29. The molecule has 0 heterocycles. The quantitative estimate of drug-likeness (QED) is 0.645. The molecule has 0 radical (unpaired) electrons. The van der Waals surface area contributed by atoms with Gasteiger partial charge in [0.25, 0.3) is 0 Å². The zero-order valence-corrected chi connectivity index (χ0v) is 13.7. The molecule has 0 spiro atoms. The summed E-state index contributed by atoms with van der Waals surface area (Å²) in [7, 11) is 0. The Morgan fingerprint density at radius 2 is 1.55 bits per heavy atom. The van der Waals surface area contributed by atoms with Gasteiger partial charge in [-0.2, -0.15) is 0 Å². The predicted octanol–water partition coefficient (Wildman–Crippen LogP) is 4.56. The highest BCUT2D eigenvalue weighted by Crippen LogP contribution is 2.35. The van der Waals surface area contributed by atoms with E-state index < -0.39 is 0 Å². The average Bonchev–Trinajstić information content (AvgIpc) is 2.47. The van der Waals surface area contributed by atoms with Gasteiger partial charge in [0.15, 0.2) is 0 Å². The van der Waals surface area contributed by atoms with E-state index >= 15 is 0 Å². The van der Waals surface area contributed by atoms with Gasteiger partial charge >= 0.3 is 0 Å². The van der Waals surface area contributed by atoms with Crippen molar-refractivity contribution < 1.29 is 4.74 Å². The second-order valence-corrected chi connectivity index (χ2v) is 6.09. The largest absolute Gasteiger partial charge is 0.455 e. The standard InChI is InChI=1S/C15H15NOS3/c1-19-12-8-4-3-6-10(12)17-11-7-5-9-13(20-2)14(11)15(16)18/h3-9H,1-2H3,(H2,16,18). The molecule has 2 N–H and O–H groups in total. The minimum atomic E-state index is 0.353. The molecule has 2 nitrogen and oxygen atoms in total. The lowest BCUT2D eigenvalue weighted by molar-refractivity contribution is 0.469. The molecule has 0 aliphatic rings. The van der Waals surface area contributed by atoms with E-state index in [1.165, 1.54) is 0 Å². The second kappa shape index (κ2) is 7.02. The van der Waals surface area contributed by atoms with Crippen LogP contribution >= 0.6 is 35.7 Å². The van der Waals surface area contributed by atoms with Crippen LogP contribution in [-0.2, 0) is 0 Å². The highest BCUT2D eigenvalue weighted by atomic mass is 32.2. The molecular weight excluding hydrogens is 306 g/mol. The smallest absolute Gasteiger partial charge is 0.140 e. The van der Waals surface area contributed by atoms with Gasteiger partial charge in [-0.05, 0) is 36.8 Å². The SMILES string of the molecule is CSc1ccccc1Oc1cccc(SC)c1C(N)=S. The fourth-order valence-corrected chi connectivity index (χ4v) is 3.26. The molecule has 0 atom stereocenters. The minimum Gasteiger partial charge on any atom is -0.455 e. The van der Waals surface area contributed by atoms with Gasteiger partial charge in [0.2, 0.25) is 0 Å². The molecule has 2 aromatic carbocycles. The average molecular weight is 321 g/mol. The van der Waals surface area contributed by atoms with E-state index in [0.717, 1.165) is 21.1 Å². The zero-order chi connectivity index (χ0) is 14.5. The topological polar surface area (TPSA) is 35.2 Å². The first-order chi connectivity index (χ1) is 9.67. The molecular formula is C15H15NOS3. The van der Waals surface area contributed by atoms with Crippen LogP contribution in [0.15, 0.2) is 52.3 Å². The molecule has 0 aliphatic heterocycles. The molecule has 0 aliphatic carbocycles. The molecule has 0 saturated heterocycles. The number of thioether (sulfide) groups is 2. The lowest BCUT2D eigenvalue weighted by Crippen LogP contribution is -2.12. The summed E-state index contributed by atoms with van der Waals surface area (Å²) in [6.45, 7) is 0. The minimum absolute atomic E-state index is 0.353. The highest BCUT2D eigenvalue weighted by molar-refractivity contribution is 7.99. The summed E-state index contributed by atoms with van der Waals surface area (Å²) in [6, 6.07) is 13.8. The third-order valence-electron chi connectivity index (χ3n) is 2.74. The number of nitrogens with two attached hydrogens (primary N) is 1. The number of hydrogen-bond donors (Lipinski definition) is 1. The summed E-state index contributed by atoms with van der Waals surface area (Å²) in [5, 5.41) is 0. The third-order valence-corrected chi connectivity index (χ3v) is 4.50. The van der Waals surface area contributed by atoms with Gasteiger partial charge in [0.05, 0.1) is 5.56 Å². The van der Waals surface area contributed by atoms with Gasteiger partial charge in [-0.25, -0.2) is 0 Å². The van der Waals surface area contributed by atoms with Crippen LogP contribution in [0.4, 0.5) is 0 Å². The van der Waals surface area contributed by atoms with Crippen LogP contribution in [0.1, 0.15) is 5.56 Å². The Labute approximate surface area is 133 Å². The molecule has 20 heavy (non-hydrogen) atoms. The molecule has 0 unspecified atom stereocenters. The van der Waals surface area contributed by atoms with Crippen LogP contribution in [0.25, 0.3) is 0 Å². The van der Waals surface area contributed by atoms with E-state index in [0.29, 0.717) is 10.7 Å². The Morgan fingerprint density at radius 3 is 2.20 bits per heavy atom. The van der Waals surface area contributed by atoms with Crippen molar-refractivity contribution in [3.63, 3.8) is 0 Å². The fourth-order valence-electron chi connectivity index (χ4n) is 1.83. The van der Waals surface area contributed by atoms with E-state index in [9.17, 15) is 0 Å². The van der Waals surface area contributed by atoms with E-state index in [1.54, 1.807) is 23.5 Å². The van der Waals surface area contributed by atoms with E-state index in [4.69, 9.17) is 22.7 Å². The van der Waals surface area contributed by atoms with E-state index in [2.05, 4.69) is 0 Å². The van der Waals surface area contributed by atoms with E-state index in [1.807, 2.05) is 55.0 Å². The maximum atomic E-state index is 6.03. The lowest BCUT2D eigenvalue weighted by Gasteiger charge is -2.15. The van der Waals surface area contributed by atoms with Gasteiger partial charge < -0.3 is 10.5 Å². The second-order valence-electron chi connectivity index (χ2n) is 3.95.